The Labute approximate surface area is 129 Å². The summed E-state index contributed by atoms with van der Waals surface area (Å²) in [6.07, 6.45) is 1.76. The van der Waals surface area contributed by atoms with E-state index in [1.807, 2.05) is 38.1 Å². The molecule has 1 aromatic carbocycles. The Morgan fingerprint density at radius 1 is 1.33 bits per heavy atom. The standard InChI is InChI=1S/C16H19ClN2O2/c1-3-19(4-2)14(10-15(20)21)12-7-8-13(17)11-6-5-9-18-16(11)12/h5-9,14H,3-4,10H2,1-2H3,(H,20,21). The molecule has 0 bridgehead atoms. The fourth-order valence-electron chi connectivity index (χ4n) is 2.69. The zero-order valence-electron chi connectivity index (χ0n) is 12.2. The zero-order valence-corrected chi connectivity index (χ0v) is 13.0. The highest BCUT2D eigenvalue weighted by atomic mass is 35.5. The highest BCUT2D eigenvalue weighted by Gasteiger charge is 2.23. The molecule has 4 nitrogen and oxygen atoms in total. The van der Waals surface area contributed by atoms with Gasteiger partial charge in [0.05, 0.1) is 11.9 Å². The van der Waals surface area contributed by atoms with Gasteiger partial charge in [0.25, 0.3) is 0 Å². The first kappa shape index (κ1) is 15.7. The molecule has 0 fully saturated rings. The molecule has 0 amide bonds. The molecule has 1 heterocycles. The summed E-state index contributed by atoms with van der Waals surface area (Å²) in [5, 5.41) is 10.7. The van der Waals surface area contributed by atoms with Crippen LogP contribution < -0.4 is 0 Å². The van der Waals surface area contributed by atoms with Gasteiger partial charge in [-0.15, -0.1) is 0 Å². The largest absolute Gasteiger partial charge is 0.481 e. The van der Waals surface area contributed by atoms with Gasteiger partial charge in [-0.3, -0.25) is 14.7 Å². The lowest BCUT2D eigenvalue weighted by Crippen LogP contribution is -2.30. The van der Waals surface area contributed by atoms with Gasteiger partial charge in [-0.2, -0.15) is 0 Å². The van der Waals surface area contributed by atoms with Gasteiger partial charge in [0, 0.05) is 22.6 Å². The third-order valence-corrected chi connectivity index (χ3v) is 4.06. The topological polar surface area (TPSA) is 53.4 Å². The zero-order chi connectivity index (χ0) is 15.4. The molecule has 1 aromatic heterocycles. The number of aromatic nitrogens is 1. The second-order valence-corrected chi connectivity index (χ2v) is 5.28. The Morgan fingerprint density at radius 3 is 2.67 bits per heavy atom. The fraction of sp³-hybridized carbons (Fsp3) is 0.375. The van der Waals surface area contributed by atoms with Crippen LogP contribution in [0.2, 0.25) is 5.02 Å². The van der Waals surface area contributed by atoms with Crippen molar-refractivity contribution < 1.29 is 9.90 Å². The number of pyridine rings is 1. The number of carboxylic acids is 1. The summed E-state index contributed by atoms with van der Waals surface area (Å²) in [5.41, 5.74) is 1.70. The number of carboxylic acid groups (broad SMARTS) is 1. The van der Waals surface area contributed by atoms with Crippen LogP contribution >= 0.6 is 11.6 Å². The van der Waals surface area contributed by atoms with E-state index in [1.54, 1.807) is 6.20 Å². The number of nitrogens with zero attached hydrogens (tertiary/aromatic N) is 2. The molecular formula is C16H19ClN2O2. The molecule has 0 saturated heterocycles. The highest BCUT2D eigenvalue weighted by Crippen LogP contribution is 2.32. The first-order valence-corrected chi connectivity index (χ1v) is 7.45. The van der Waals surface area contributed by atoms with Gasteiger partial charge < -0.3 is 5.11 Å². The van der Waals surface area contributed by atoms with E-state index >= 15 is 0 Å². The minimum atomic E-state index is -0.814. The number of rotatable bonds is 6. The van der Waals surface area contributed by atoms with Gasteiger partial charge in [0.1, 0.15) is 0 Å². The summed E-state index contributed by atoms with van der Waals surface area (Å²) >= 11 is 6.22. The monoisotopic (exact) mass is 306 g/mol. The molecule has 0 aliphatic heterocycles. The third-order valence-electron chi connectivity index (χ3n) is 3.73. The van der Waals surface area contributed by atoms with Crippen LogP contribution in [-0.4, -0.2) is 34.0 Å². The first-order valence-electron chi connectivity index (χ1n) is 7.07. The van der Waals surface area contributed by atoms with Crippen molar-refractivity contribution in [1.29, 1.82) is 0 Å². The molecule has 0 aliphatic rings. The number of carbonyl (C=O) groups is 1. The van der Waals surface area contributed by atoms with Crippen LogP contribution in [-0.2, 0) is 4.79 Å². The Kier molecular flexibility index (Phi) is 5.15. The highest BCUT2D eigenvalue weighted by molar-refractivity contribution is 6.35. The third kappa shape index (κ3) is 3.34. The molecular weight excluding hydrogens is 288 g/mol. The molecule has 1 N–H and O–H groups in total. The van der Waals surface area contributed by atoms with E-state index in [-0.39, 0.29) is 12.5 Å². The molecule has 0 radical (unpaired) electrons. The van der Waals surface area contributed by atoms with Crippen molar-refractivity contribution in [2.45, 2.75) is 26.3 Å². The normalized spacial score (nSPS) is 12.8. The summed E-state index contributed by atoms with van der Waals surface area (Å²) in [6, 6.07) is 7.26. The van der Waals surface area contributed by atoms with Crippen LogP contribution in [0.25, 0.3) is 10.9 Å². The summed E-state index contributed by atoms with van der Waals surface area (Å²) in [4.78, 5) is 17.8. The fourth-order valence-corrected chi connectivity index (χ4v) is 2.91. The van der Waals surface area contributed by atoms with E-state index in [1.165, 1.54) is 0 Å². The number of hydrogen-bond donors (Lipinski definition) is 1. The number of fused-ring (bicyclic) bond motifs is 1. The first-order chi connectivity index (χ1) is 10.1. The van der Waals surface area contributed by atoms with Gasteiger partial charge in [-0.1, -0.05) is 31.5 Å². The van der Waals surface area contributed by atoms with Crippen molar-refractivity contribution in [3.63, 3.8) is 0 Å². The molecule has 2 rings (SSSR count). The Balaban J connectivity index is 2.59. The van der Waals surface area contributed by atoms with E-state index in [0.29, 0.717) is 5.02 Å². The molecule has 112 valence electrons. The molecule has 0 aliphatic carbocycles. The average molecular weight is 307 g/mol. The maximum Gasteiger partial charge on any atom is 0.305 e. The molecule has 1 atom stereocenters. The van der Waals surface area contributed by atoms with Crippen molar-refractivity contribution in [3.05, 3.63) is 41.0 Å². The lowest BCUT2D eigenvalue weighted by Gasteiger charge is -2.29. The van der Waals surface area contributed by atoms with Crippen LogP contribution in [0.5, 0.6) is 0 Å². The molecule has 0 spiro atoms. The lowest BCUT2D eigenvalue weighted by molar-refractivity contribution is -0.138. The Bertz CT molecular complexity index is 641. The van der Waals surface area contributed by atoms with E-state index in [4.69, 9.17) is 11.6 Å². The minimum Gasteiger partial charge on any atom is -0.481 e. The van der Waals surface area contributed by atoms with Crippen LogP contribution in [0.3, 0.4) is 0 Å². The van der Waals surface area contributed by atoms with E-state index in [0.717, 1.165) is 29.6 Å². The van der Waals surface area contributed by atoms with Crippen LogP contribution in [0.15, 0.2) is 30.5 Å². The van der Waals surface area contributed by atoms with Crippen molar-refractivity contribution in [2.75, 3.05) is 13.1 Å². The van der Waals surface area contributed by atoms with Gasteiger partial charge >= 0.3 is 5.97 Å². The van der Waals surface area contributed by atoms with Gasteiger partial charge in [-0.25, -0.2) is 0 Å². The van der Waals surface area contributed by atoms with Crippen molar-refractivity contribution in [2.24, 2.45) is 0 Å². The number of hydrogen-bond acceptors (Lipinski definition) is 3. The Hall–Kier alpha value is -1.65. The molecule has 0 saturated carbocycles. The van der Waals surface area contributed by atoms with Crippen LogP contribution in [0.1, 0.15) is 31.9 Å². The summed E-state index contributed by atoms with van der Waals surface area (Å²) < 4.78 is 0. The van der Waals surface area contributed by atoms with Crippen molar-refractivity contribution in [3.8, 4) is 0 Å². The Morgan fingerprint density at radius 2 is 2.05 bits per heavy atom. The van der Waals surface area contributed by atoms with E-state index < -0.39 is 5.97 Å². The minimum absolute atomic E-state index is 0.0506. The SMILES string of the molecule is CCN(CC)C(CC(=O)O)c1ccc(Cl)c2cccnc12. The second-order valence-electron chi connectivity index (χ2n) is 4.87. The van der Waals surface area contributed by atoms with Crippen LogP contribution in [0.4, 0.5) is 0 Å². The predicted octanol–water partition coefficient (Wildman–Crippen LogP) is 3.75. The number of aliphatic carboxylic acids is 1. The predicted molar refractivity (Wildman–Crippen MR) is 84.7 cm³/mol. The van der Waals surface area contributed by atoms with Crippen molar-refractivity contribution >= 4 is 28.5 Å². The van der Waals surface area contributed by atoms with Gasteiger partial charge in [0.2, 0.25) is 0 Å². The summed E-state index contributed by atoms with van der Waals surface area (Å²) in [5.74, 6) is -0.814. The summed E-state index contributed by atoms with van der Waals surface area (Å²) in [6.45, 7) is 5.63. The van der Waals surface area contributed by atoms with Gasteiger partial charge in [0.15, 0.2) is 0 Å². The van der Waals surface area contributed by atoms with Gasteiger partial charge in [-0.05, 0) is 36.9 Å². The maximum absolute atomic E-state index is 11.2. The quantitative estimate of drug-likeness (QED) is 0.883. The van der Waals surface area contributed by atoms with E-state index in [2.05, 4.69) is 9.88 Å². The second kappa shape index (κ2) is 6.87. The van der Waals surface area contributed by atoms with Crippen LogP contribution in [0, 0.1) is 0 Å². The maximum atomic E-state index is 11.2. The lowest BCUT2D eigenvalue weighted by atomic mass is 9.98. The molecule has 21 heavy (non-hydrogen) atoms. The number of benzene rings is 1. The molecule has 1 unspecified atom stereocenters. The molecule has 5 heteroatoms. The van der Waals surface area contributed by atoms with Crippen molar-refractivity contribution in [1.82, 2.24) is 9.88 Å². The average Bonchev–Trinajstić information content (AvgIpc) is 2.48. The molecule has 2 aromatic rings. The smallest absolute Gasteiger partial charge is 0.305 e. The summed E-state index contributed by atoms with van der Waals surface area (Å²) in [7, 11) is 0. The number of halogens is 1. The van der Waals surface area contributed by atoms with E-state index in [9.17, 15) is 9.90 Å².